The molecule has 0 aliphatic carbocycles. The van der Waals surface area contributed by atoms with Crippen LogP contribution in [0.3, 0.4) is 0 Å². The molecule has 1 fully saturated rings. The summed E-state index contributed by atoms with van der Waals surface area (Å²) in [6.07, 6.45) is 1.31. The molecule has 2 aromatic carbocycles. The lowest BCUT2D eigenvalue weighted by molar-refractivity contribution is -0.126. The van der Waals surface area contributed by atoms with E-state index in [2.05, 4.69) is 15.5 Å². The van der Waals surface area contributed by atoms with Gasteiger partial charge < -0.3 is 24.6 Å². The lowest BCUT2D eigenvalue weighted by atomic mass is 9.96. The summed E-state index contributed by atoms with van der Waals surface area (Å²) in [4.78, 5) is 19.0. The van der Waals surface area contributed by atoms with E-state index >= 15 is 0 Å². The summed E-state index contributed by atoms with van der Waals surface area (Å²) in [7, 11) is 1.62. The molecule has 2 N–H and O–H groups in total. The summed E-state index contributed by atoms with van der Waals surface area (Å²) in [5.41, 5.74) is 1.90. The fraction of sp³-hybridized carbons (Fsp3) is 0.375. The molecule has 0 saturated carbocycles. The maximum atomic E-state index is 12.5. The second kappa shape index (κ2) is 10.3. The number of aromatic nitrogens is 2. The van der Waals surface area contributed by atoms with Crippen LogP contribution in [-0.4, -0.2) is 54.0 Å². The fourth-order valence-electron chi connectivity index (χ4n) is 3.86. The summed E-state index contributed by atoms with van der Waals surface area (Å²) in [5.74, 6) is 1.20. The van der Waals surface area contributed by atoms with E-state index in [1.165, 1.54) is 0 Å². The Morgan fingerprint density at radius 1 is 1.19 bits per heavy atom. The minimum absolute atomic E-state index is 0.0128. The number of amides is 1. The Labute approximate surface area is 187 Å². The molecular formula is C24H28N4O4. The average Bonchev–Trinajstić information content (AvgIpc) is 3.34. The number of carbonyl (C=O) groups excluding carboxylic acids is 1. The van der Waals surface area contributed by atoms with Gasteiger partial charge in [-0.25, -0.2) is 0 Å². The molecule has 8 nitrogen and oxygen atoms in total. The normalized spacial score (nSPS) is 15.4. The van der Waals surface area contributed by atoms with Crippen LogP contribution in [-0.2, 0) is 11.2 Å². The Kier molecular flexibility index (Phi) is 7.01. The van der Waals surface area contributed by atoms with Crippen molar-refractivity contribution in [2.75, 3.05) is 31.6 Å². The van der Waals surface area contributed by atoms with Crippen molar-refractivity contribution in [1.29, 1.82) is 0 Å². The van der Waals surface area contributed by atoms with Crippen LogP contribution < -0.4 is 15.0 Å². The zero-order chi connectivity index (χ0) is 22.3. The predicted molar refractivity (Wildman–Crippen MR) is 120 cm³/mol. The molecule has 4 rings (SSSR count). The van der Waals surface area contributed by atoms with Crippen molar-refractivity contribution in [2.45, 2.75) is 25.4 Å². The molecule has 1 saturated heterocycles. The summed E-state index contributed by atoms with van der Waals surface area (Å²) >= 11 is 0. The Balaban J connectivity index is 1.24. The van der Waals surface area contributed by atoms with Gasteiger partial charge in [0.2, 0.25) is 11.7 Å². The zero-order valence-electron chi connectivity index (χ0n) is 18.1. The summed E-state index contributed by atoms with van der Waals surface area (Å²) in [6.45, 7) is 1.58. The maximum Gasteiger partial charge on any atom is 0.324 e. The molecule has 1 aliphatic heterocycles. The number of rotatable bonds is 8. The highest BCUT2D eigenvalue weighted by atomic mass is 16.5. The highest BCUT2D eigenvalue weighted by molar-refractivity contribution is 5.79. The van der Waals surface area contributed by atoms with E-state index in [4.69, 9.17) is 9.26 Å². The van der Waals surface area contributed by atoms with Crippen molar-refractivity contribution in [3.8, 4) is 17.1 Å². The van der Waals surface area contributed by atoms with Crippen molar-refractivity contribution < 1.29 is 19.2 Å². The predicted octanol–water partition coefficient (Wildman–Crippen LogP) is 2.68. The molecule has 1 amide bonds. The van der Waals surface area contributed by atoms with Crippen LogP contribution in [0.25, 0.3) is 11.4 Å². The second-order valence-electron chi connectivity index (χ2n) is 7.98. The monoisotopic (exact) mass is 436 g/mol. The first-order chi connectivity index (χ1) is 15.6. The van der Waals surface area contributed by atoms with Crippen LogP contribution in [0.1, 0.15) is 18.4 Å². The van der Waals surface area contributed by atoms with Crippen molar-refractivity contribution in [2.24, 2.45) is 5.92 Å². The number of hydrogen-bond acceptors (Lipinski definition) is 7. The van der Waals surface area contributed by atoms with Gasteiger partial charge in [0.15, 0.2) is 0 Å². The van der Waals surface area contributed by atoms with E-state index in [1.807, 2.05) is 59.5 Å². The first-order valence-electron chi connectivity index (χ1n) is 10.8. The largest absolute Gasteiger partial charge is 0.497 e. The molecule has 1 unspecified atom stereocenters. The number of carbonyl (C=O) groups is 1. The Morgan fingerprint density at radius 3 is 2.59 bits per heavy atom. The van der Waals surface area contributed by atoms with E-state index in [-0.39, 0.29) is 18.4 Å². The van der Waals surface area contributed by atoms with Crippen LogP contribution in [0, 0.1) is 5.92 Å². The van der Waals surface area contributed by atoms with Gasteiger partial charge in [0.1, 0.15) is 5.75 Å². The molecular weight excluding hydrogens is 408 g/mol. The van der Waals surface area contributed by atoms with E-state index < -0.39 is 6.10 Å². The molecule has 0 radical (unpaired) electrons. The molecule has 8 heteroatoms. The minimum Gasteiger partial charge on any atom is -0.497 e. The van der Waals surface area contributed by atoms with Crippen molar-refractivity contribution in [3.05, 3.63) is 60.2 Å². The molecule has 2 heterocycles. The fourth-order valence-corrected chi connectivity index (χ4v) is 3.86. The van der Waals surface area contributed by atoms with Gasteiger partial charge in [0.25, 0.3) is 0 Å². The molecule has 1 aromatic heterocycles. The SMILES string of the molecule is COc1ccc(-c2noc(N3CCC(C(=O)NCC(O)Cc4ccccc4)CC3)n2)cc1. The molecule has 32 heavy (non-hydrogen) atoms. The summed E-state index contributed by atoms with van der Waals surface area (Å²) in [6, 6.07) is 17.7. The third-order valence-corrected chi connectivity index (χ3v) is 5.73. The lowest BCUT2D eigenvalue weighted by Gasteiger charge is -2.29. The first-order valence-corrected chi connectivity index (χ1v) is 10.8. The number of nitrogens with zero attached hydrogens (tertiary/aromatic N) is 3. The number of aliphatic hydroxyl groups is 1. The van der Waals surface area contributed by atoms with Gasteiger partial charge in [0.05, 0.1) is 13.2 Å². The van der Waals surface area contributed by atoms with Gasteiger partial charge in [0, 0.05) is 37.5 Å². The number of methoxy groups -OCH3 is 1. The smallest absolute Gasteiger partial charge is 0.324 e. The van der Waals surface area contributed by atoms with Crippen LogP contribution in [0.5, 0.6) is 5.75 Å². The molecule has 1 aliphatic rings. The first kappa shape index (κ1) is 21.8. The molecule has 3 aromatic rings. The van der Waals surface area contributed by atoms with Gasteiger partial charge >= 0.3 is 6.01 Å². The Morgan fingerprint density at radius 2 is 1.91 bits per heavy atom. The Hall–Kier alpha value is -3.39. The van der Waals surface area contributed by atoms with Gasteiger partial charge in [-0.05, 0) is 42.7 Å². The summed E-state index contributed by atoms with van der Waals surface area (Å²) < 4.78 is 10.6. The number of nitrogens with one attached hydrogen (secondary N) is 1. The van der Waals surface area contributed by atoms with Gasteiger partial charge in [-0.3, -0.25) is 4.79 Å². The standard InChI is InChI=1S/C24H28N4O4/c1-31-21-9-7-18(8-10-21)22-26-24(32-27-22)28-13-11-19(12-14-28)23(30)25-16-20(29)15-17-5-3-2-4-6-17/h2-10,19-20,29H,11-16H2,1H3,(H,25,30). The van der Waals surface area contributed by atoms with E-state index in [1.54, 1.807) is 7.11 Å². The van der Waals surface area contributed by atoms with Crippen LogP contribution in [0.15, 0.2) is 59.1 Å². The molecule has 0 spiro atoms. The van der Waals surface area contributed by atoms with Crippen LogP contribution in [0.2, 0.25) is 0 Å². The highest BCUT2D eigenvalue weighted by Crippen LogP contribution is 2.25. The van der Waals surface area contributed by atoms with Crippen LogP contribution in [0.4, 0.5) is 6.01 Å². The van der Waals surface area contributed by atoms with E-state index in [0.29, 0.717) is 44.2 Å². The van der Waals surface area contributed by atoms with Crippen LogP contribution >= 0.6 is 0 Å². The number of ether oxygens (including phenoxy) is 1. The number of piperidine rings is 1. The molecule has 168 valence electrons. The quantitative estimate of drug-likeness (QED) is 0.560. The maximum absolute atomic E-state index is 12.5. The number of aliphatic hydroxyl groups excluding tert-OH is 1. The average molecular weight is 437 g/mol. The highest BCUT2D eigenvalue weighted by Gasteiger charge is 2.27. The Bertz CT molecular complexity index is 998. The third-order valence-electron chi connectivity index (χ3n) is 5.73. The minimum atomic E-state index is -0.601. The van der Waals surface area contributed by atoms with Gasteiger partial charge in [-0.1, -0.05) is 35.5 Å². The van der Waals surface area contributed by atoms with Crippen molar-refractivity contribution >= 4 is 11.9 Å². The van der Waals surface area contributed by atoms with E-state index in [0.717, 1.165) is 16.9 Å². The number of benzene rings is 2. The van der Waals surface area contributed by atoms with E-state index in [9.17, 15) is 9.90 Å². The topological polar surface area (TPSA) is 101 Å². The van der Waals surface area contributed by atoms with Gasteiger partial charge in [-0.15, -0.1) is 0 Å². The lowest BCUT2D eigenvalue weighted by Crippen LogP contribution is -2.42. The number of anilines is 1. The molecule has 0 bridgehead atoms. The zero-order valence-corrected chi connectivity index (χ0v) is 18.1. The number of hydrogen-bond donors (Lipinski definition) is 2. The van der Waals surface area contributed by atoms with Crippen molar-refractivity contribution in [1.82, 2.24) is 15.5 Å². The third kappa shape index (κ3) is 5.45. The van der Waals surface area contributed by atoms with Gasteiger partial charge in [-0.2, -0.15) is 4.98 Å². The molecule has 1 atom stereocenters. The summed E-state index contributed by atoms with van der Waals surface area (Å²) in [5, 5.41) is 17.2. The van der Waals surface area contributed by atoms with Crippen molar-refractivity contribution in [3.63, 3.8) is 0 Å². The second-order valence-corrected chi connectivity index (χ2v) is 7.98.